The van der Waals surface area contributed by atoms with Crippen molar-refractivity contribution < 1.29 is 9.21 Å². The first kappa shape index (κ1) is 12.3. The van der Waals surface area contributed by atoms with Crippen molar-refractivity contribution in [2.75, 3.05) is 0 Å². The van der Waals surface area contributed by atoms with Crippen molar-refractivity contribution >= 4 is 38.1 Å². The van der Waals surface area contributed by atoms with E-state index in [4.69, 9.17) is 9.40 Å². The van der Waals surface area contributed by atoms with Gasteiger partial charge in [-0.25, -0.2) is 4.98 Å². The van der Waals surface area contributed by atoms with Gasteiger partial charge in [0.2, 0.25) is 0 Å². The molecule has 0 aliphatic heterocycles. The van der Waals surface area contributed by atoms with Gasteiger partial charge in [0, 0.05) is 12.3 Å². The van der Waals surface area contributed by atoms with Gasteiger partial charge in [-0.15, -0.1) is 11.3 Å². The molecule has 0 aliphatic carbocycles. The maximum absolute atomic E-state index is 11.3. The van der Waals surface area contributed by atoms with Crippen molar-refractivity contribution in [2.45, 2.75) is 6.92 Å². The van der Waals surface area contributed by atoms with Crippen molar-refractivity contribution in [3.63, 3.8) is 0 Å². The van der Waals surface area contributed by atoms with Crippen LogP contribution < -0.4 is 0 Å². The summed E-state index contributed by atoms with van der Waals surface area (Å²) < 4.78 is 6.69. The lowest BCUT2D eigenvalue weighted by Crippen LogP contribution is -1.85. The molecule has 4 heteroatoms. The Morgan fingerprint density at radius 1 is 1.10 bits per heavy atom. The van der Waals surface area contributed by atoms with Crippen molar-refractivity contribution in [2.24, 2.45) is 0 Å². The zero-order chi connectivity index (χ0) is 14.4. The molecular formula is C17H11NO2S. The van der Waals surface area contributed by atoms with Gasteiger partial charge in [-0.3, -0.25) is 4.79 Å². The van der Waals surface area contributed by atoms with E-state index in [2.05, 4.69) is 24.3 Å². The number of thiazole rings is 1. The van der Waals surface area contributed by atoms with Crippen molar-refractivity contribution in [1.29, 1.82) is 0 Å². The number of aromatic nitrogens is 1. The van der Waals surface area contributed by atoms with Crippen LogP contribution in [-0.4, -0.2) is 10.8 Å². The average Bonchev–Trinajstić information content (AvgIpc) is 3.13. The minimum Gasteiger partial charge on any atom is -0.450 e. The Hall–Kier alpha value is -2.46. The van der Waals surface area contributed by atoms with Gasteiger partial charge in [-0.1, -0.05) is 30.3 Å². The van der Waals surface area contributed by atoms with Crippen LogP contribution in [0.25, 0.3) is 31.8 Å². The zero-order valence-corrected chi connectivity index (χ0v) is 12.1. The van der Waals surface area contributed by atoms with E-state index in [0.29, 0.717) is 11.5 Å². The van der Waals surface area contributed by atoms with Gasteiger partial charge in [-0.2, -0.15) is 0 Å². The molecule has 0 radical (unpaired) electrons. The third kappa shape index (κ3) is 1.96. The summed E-state index contributed by atoms with van der Waals surface area (Å²) in [7, 11) is 0. The van der Waals surface area contributed by atoms with E-state index < -0.39 is 0 Å². The first-order valence-electron chi connectivity index (χ1n) is 6.62. The number of Topliss-reactive ketones (excluding diaryl/α,β-unsaturated/α-hetero) is 1. The second-order valence-corrected chi connectivity index (χ2v) is 5.90. The molecule has 3 nitrogen and oxygen atoms in total. The Balaban J connectivity index is 1.93. The molecule has 4 rings (SSSR count). The Bertz CT molecular complexity index is 981. The predicted octanol–water partition coefficient (Wildman–Crippen LogP) is 4.91. The van der Waals surface area contributed by atoms with E-state index in [1.54, 1.807) is 23.5 Å². The van der Waals surface area contributed by atoms with Crippen LogP contribution in [0.2, 0.25) is 0 Å². The first-order chi connectivity index (χ1) is 10.2. The van der Waals surface area contributed by atoms with Crippen LogP contribution in [0.5, 0.6) is 0 Å². The molecule has 0 N–H and O–H groups in total. The normalized spacial score (nSPS) is 11.3. The number of carbonyl (C=O) groups is 1. The van der Waals surface area contributed by atoms with Gasteiger partial charge in [0.25, 0.3) is 0 Å². The van der Waals surface area contributed by atoms with E-state index in [-0.39, 0.29) is 5.78 Å². The molecular weight excluding hydrogens is 282 g/mol. The number of fused-ring (bicyclic) bond motifs is 3. The highest BCUT2D eigenvalue weighted by atomic mass is 32.1. The molecule has 2 aromatic carbocycles. The molecule has 0 fully saturated rings. The molecule has 0 unspecified atom stereocenters. The van der Waals surface area contributed by atoms with Gasteiger partial charge in [0.05, 0.1) is 10.2 Å². The summed E-state index contributed by atoms with van der Waals surface area (Å²) in [5.74, 6) is 0.937. The Morgan fingerprint density at radius 2 is 1.95 bits per heavy atom. The summed E-state index contributed by atoms with van der Waals surface area (Å²) in [6.45, 7) is 1.49. The third-order valence-corrected chi connectivity index (χ3v) is 4.48. The fraction of sp³-hybridized carbons (Fsp3) is 0.0588. The standard InChI is InChI=1S/C17H11NO2S/c1-10(19)13-7-8-14(20-13)17-18-16-12-5-3-2-4-11(12)6-9-15(16)21-17/h2-9H,1H3. The van der Waals surface area contributed by atoms with Gasteiger partial charge in [-0.05, 0) is 23.6 Å². The Labute approximate surface area is 124 Å². The second kappa shape index (κ2) is 4.53. The molecule has 2 aromatic heterocycles. The first-order valence-corrected chi connectivity index (χ1v) is 7.43. The van der Waals surface area contributed by atoms with E-state index >= 15 is 0 Å². The van der Waals surface area contributed by atoms with Crippen molar-refractivity contribution in [3.8, 4) is 10.8 Å². The Kier molecular flexibility index (Phi) is 2.65. The van der Waals surface area contributed by atoms with Crippen LogP contribution in [0.4, 0.5) is 0 Å². The topological polar surface area (TPSA) is 43.1 Å². The summed E-state index contributed by atoms with van der Waals surface area (Å²) in [5, 5.41) is 3.11. The van der Waals surface area contributed by atoms with Crippen LogP contribution >= 0.6 is 11.3 Å². The van der Waals surface area contributed by atoms with Gasteiger partial charge in [0.1, 0.15) is 0 Å². The maximum atomic E-state index is 11.3. The summed E-state index contributed by atoms with van der Waals surface area (Å²) >= 11 is 1.57. The number of rotatable bonds is 2. The van der Waals surface area contributed by atoms with E-state index in [0.717, 1.165) is 20.6 Å². The van der Waals surface area contributed by atoms with E-state index in [9.17, 15) is 4.79 Å². The number of hydrogen-bond donors (Lipinski definition) is 0. The number of furan rings is 1. The van der Waals surface area contributed by atoms with Gasteiger partial charge >= 0.3 is 0 Å². The highest BCUT2D eigenvalue weighted by Gasteiger charge is 2.13. The van der Waals surface area contributed by atoms with Crippen LogP contribution in [0.3, 0.4) is 0 Å². The summed E-state index contributed by atoms with van der Waals surface area (Å²) in [5.41, 5.74) is 0.980. The smallest absolute Gasteiger partial charge is 0.194 e. The van der Waals surface area contributed by atoms with Gasteiger partial charge < -0.3 is 4.42 Å². The number of nitrogens with zero attached hydrogens (tertiary/aromatic N) is 1. The maximum Gasteiger partial charge on any atom is 0.194 e. The highest BCUT2D eigenvalue weighted by molar-refractivity contribution is 7.21. The molecule has 0 amide bonds. The van der Waals surface area contributed by atoms with Crippen LogP contribution in [0.15, 0.2) is 52.9 Å². The molecule has 0 aliphatic rings. The van der Waals surface area contributed by atoms with Crippen LogP contribution in [0.1, 0.15) is 17.5 Å². The molecule has 0 saturated heterocycles. The summed E-state index contributed by atoms with van der Waals surface area (Å²) in [6.07, 6.45) is 0. The predicted molar refractivity (Wildman–Crippen MR) is 84.8 cm³/mol. The minimum atomic E-state index is -0.0761. The zero-order valence-electron chi connectivity index (χ0n) is 11.3. The number of carbonyl (C=O) groups excluding carboxylic acids is 1. The van der Waals surface area contributed by atoms with E-state index in [1.807, 2.05) is 12.1 Å². The van der Waals surface area contributed by atoms with Crippen molar-refractivity contribution in [1.82, 2.24) is 4.98 Å². The highest BCUT2D eigenvalue weighted by Crippen LogP contribution is 2.34. The molecule has 21 heavy (non-hydrogen) atoms. The summed E-state index contributed by atoms with van der Waals surface area (Å²) in [4.78, 5) is 16.0. The van der Waals surface area contributed by atoms with Crippen LogP contribution in [-0.2, 0) is 0 Å². The van der Waals surface area contributed by atoms with E-state index in [1.165, 1.54) is 12.3 Å². The van der Waals surface area contributed by atoms with Crippen molar-refractivity contribution in [3.05, 3.63) is 54.3 Å². The lowest BCUT2D eigenvalue weighted by atomic mass is 10.1. The molecule has 0 saturated carbocycles. The number of ketones is 1. The molecule has 0 spiro atoms. The van der Waals surface area contributed by atoms with Gasteiger partial charge in [0.15, 0.2) is 22.3 Å². The Morgan fingerprint density at radius 3 is 2.76 bits per heavy atom. The van der Waals surface area contributed by atoms with Crippen LogP contribution in [0, 0.1) is 0 Å². The quantitative estimate of drug-likeness (QED) is 0.493. The fourth-order valence-corrected chi connectivity index (χ4v) is 3.35. The lowest BCUT2D eigenvalue weighted by molar-refractivity contribution is 0.0988. The molecule has 102 valence electrons. The largest absolute Gasteiger partial charge is 0.450 e. The molecule has 0 bridgehead atoms. The minimum absolute atomic E-state index is 0.0761. The summed E-state index contributed by atoms with van der Waals surface area (Å²) in [6, 6.07) is 15.9. The lowest BCUT2D eigenvalue weighted by Gasteiger charge is -1.96. The monoisotopic (exact) mass is 293 g/mol. The SMILES string of the molecule is CC(=O)c1ccc(-c2nc3c(ccc4ccccc43)s2)o1. The number of benzene rings is 2. The second-order valence-electron chi connectivity index (χ2n) is 4.87. The molecule has 2 heterocycles. The molecule has 4 aromatic rings. The third-order valence-electron chi connectivity index (χ3n) is 3.45. The fourth-order valence-electron chi connectivity index (χ4n) is 2.41. The average molecular weight is 293 g/mol. The molecule has 0 atom stereocenters. The number of hydrogen-bond acceptors (Lipinski definition) is 4.